The van der Waals surface area contributed by atoms with Gasteiger partial charge in [-0.15, -0.1) is 0 Å². The standard InChI is InChI=1S/C12H21BrN2O3S/c1-3-7-19(17,18)15-6-4-5-11(9-15)12(16)14-8-10(2)13/h11H,2-9H2,1H3,(H,14,16). The minimum atomic E-state index is -3.20. The van der Waals surface area contributed by atoms with E-state index in [4.69, 9.17) is 0 Å². The monoisotopic (exact) mass is 352 g/mol. The number of nitrogens with one attached hydrogen (secondary N) is 1. The van der Waals surface area contributed by atoms with Crippen molar-refractivity contribution in [3.05, 3.63) is 11.1 Å². The van der Waals surface area contributed by atoms with E-state index in [0.29, 0.717) is 30.5 Å². The minimum Gasteiger partial charge on any atom is -0.351 e. The van der Waals surface area contributed by atoms with Crippen molar-refractivity contribution in [1.29, 1.82) is 0 Å². The van der Waals surface area contributed by atoms with E-state index in [1.165, 1.54) is 4.31 Å². The number of rotatable bonds is 6. The van der Waals surface area contributed by atoms with E-state index in [-0.39, 0.29) is 17.6 Å². The Kier molecular flexibility index (Phi) is 6.49. The summed E-state index contributed by atoms with van der Waals surface area (Å²) < 4.78 is 26.1. The number of amides is 1. The Morgan fingerprint density at radius 3 is 2.79 bits per heavy atom. The van der Waals surface area contributed by atoms with Gasteiger partial charge in [0.1, 0.15) is 0 Å². The first-order valence-corrected chi connectivity index (χ1v) is 8.86. The van der Waals surface area contributed by atoms with Crippen LogP contribution in [0, 0.1) is 5.92 Å². The summed E-state index contributed by atoms with van der Waals surface area (Å²) in [6.45, 7) is 6.68. The van der Waals surface area contributed by atoms with Crippen LogP contribution in [0.5, 0.6) is 0 Å². The highest BCUT2D eigenvalue weighted by atomic mass is 79.9. The fourth-order valence-corrected chi connectivity index (χ4v) is 3.85. The van der Waals surface area contributed by atoms with Gasteiger partial charge in [0.25, 0.3) is 0 Å². The lowest BCUT2D eigenvalue weighted by Gasteiger charge is -2.31. The van der Waals surface area contributed by atoms with E-state index in [2.05, 4.69) is 27.8 Å². The number of hydrogen-bond acceptors (Lipinski definition) is 3. The molecule has 1 N–H and O–H groups in total. The third kappa shape index (κ3) is 5.24. The van der Waals surface area contributed by atoms with Crippen molar-refractivity contribution in [3.8, 4) is 0 Å². The van der Waals surface area contributed by atoms with Crippen LogP contribution in [0.15, 0.2) is 11.1 Å². The fourth-order valence-electron chi connectivity index (χ4n) is 2.12. The Balaban J connectivity index is 2.59. The molecule has 0 spiro atoms. The first-order valence-electron chi connectivity index (χ1n) is 6.45. The highest BCUT2D eigenvalue weighted by molar-refractivity contribution is 9.11. The maximum atomic E-state index is 12.0. The molecule has 0 aromatic heterocycles. The molecule has 1 rings (SSSR count). The summed E-state index contributed by atoms with van der Waals surface area (Å²) in [4.78, 5) is 11.9. The summed E-state index contributed by atoms with van der Waals surface area (Å²) in [6, 6.07) is 0. The van der Waals surface area contributed by atoms with Gasteiger partial charge in [0.15, 0.2) is 0 Å². The van der Waals surface area contributed by atoms with Crippen molar-refractivity contribution in [3.63, 3.8) is 0 Å². The minimum absolute atomic E-state index is 0.100. The molecule has 1 aliphatic heterocycles. The van der Waals surface area contributed by atoms with Crippen molar-refractivity contribution in [2.24, 2.45) is 5.92 Å². The normalized spacial score (nSPS) is 21.1. The van der Waals surface area contributed by atoms with E-state index in [0.717, 1.165) is 12.8 Å². The van der Waals surface area contributed by atoms with E-state index >= 15 is 0 Å². The number of carbonyl (C=O) groups is 1. The Bertz CT molecular complexity index is 436. The first kappa shape index (κ1) is 16.7. The lowest BCUT2D eigenvalue weighted by molar-refractivity contribution is -0.125. The molecule has 0 aromatic carbocycles. The number of hydrogen-bond donors (Lipinski definition) is 1. The molecule has 7 heteroatoms. The van der Waals surface area contributed by atoms with Gasteiger partial charge in [0, 0.05) is 24.1 Å². The van der Waals surface area contributed by atoms with Gasteiger partial charge in [-0.1, -0.05) is 29.4 Å². The van der Waals surface area contributed by atoms with Gasteiger partial charge in [-0.05, 0) is 19.3 Å². The molecule has 0 aliphatic carbocycles. The van der Waals surface area contributed by atoms with Crippen molar-refractivity contribution >= 4 is 31.9 Å². The van der Waals surface area contributed by atoms with Crippen molar-refractivity contribution < 1.29 is 13.2 Å². The molecule has 1 saturated heterocycles. The van der Waals surface area contributed by atoms with Gasteiger partial charge in [-0.25, -0.2) is 12.7 Å². The van der Waals surface area contributed by atoms with Crippen LogP contribution in [0.2, 0.25) is 0 Å². The molecule has 1 fully saturated rings. The molecule has 1 amide bonds. The Morgan fingerprint density at radius 2 is 2.21 bits per heavy atom. The average molecular weight is 353 g/mol. The molecule has 0 aromatic rings. The summed E-state index contributed by atoms with van der Waals surface area (Å²) in [5.74, 6) is -0.205. The highest BCUT2D eigenvalue weighted by Gasteiger charge is 2.31. The molecule has 1 aliphatic rings. The van der Waals surface area contributed by atoms with Crippen LogP contribution in [0.1, 0.15) is 26.2 Å². The Labute approximate surface area is 123 Å². The summed E-state index contributed by atoms with van der Waals surface area (Å²) >= 11 is 3.18. The molecule has 0 bridgehead atoms. The molecule has 1 unspecified atom stereocenters. The zero-order valence-electron chi connectivity index (χ0n) is 11.2. The van der Waals surface area contributed by atoms with Gasteiger partial charge in [-0.3, -0.25) is 4.79 Å². The number of carbonyl (C=O) groups excluding carboxylic acids is 1. The second-order valence-electron chi connectivity index (χ2n) is 4.75. The van der Waals surface area contributed by atoms with Gasteiger partial charge in [-0.2, -0.15) is 0 Å². The molecule has 1 heterocycles. The summed E-state index contributed by atoms with van der Waals surface area (Å²) in [5, 5.41) is 2.75. The van der Waals surface area contributed by atoms with Crippen LogP contribution in [-0.4, -0.2) is 44.0 Å². The van der Waals surface area contributed by atoms with Gasteiger partial charge in [0.05, 0.1) is 11.7 Å². The molecule has 0 radical (unpaired) electrons. The van der Waals surface area contributed by atoms with Crippen LogP contribution in [0.4, 0.5) is 0 Å². The lowest BCUT2D eigenvalue weighted by atomic mass is 9.99. The van der Waals surface area contributed by atoms with E-state index < -0.39 is 10.0 Å². The SMILES string of the molecule is C=C(Br)CNC(=O)C1CCCN(S(=O)(=O)CCC)C1. The number of sulfonamides is 1. The second kappa shape index (κ2) is 7.40. The maximum absolute atomic E-state index is 12.0. The summed E-state index contributed by atoms with van der Waals surface area (Å²) in [5.41, 5.74) is 0. The fraction of sp³-hybridized carbons (Fsp3) is 0.750. The number of halogens is 1. The van der Waals surface area contributed by atoms with Crippen molar-refractivity contribution in [1.82, 2.24) is 9.62 Å². The molecule has 5 nitrogen and oxygen atoms in total. The van der Waals surface area contributed by atoms with E-state index in [9.17, 15) is 13.2 Å². The smallest absolute Gasteiger partial charge is 0.224 e. The second-order valence-corrected chi connectivity index (χ2v) is 7.96. The van der Waals surface area contributed by atoms with Crippen LogP contribution >= 0.6 is 15.9 Å². The Hall–Kier alpha value is -0.400. The third-order valence-corrected chi connectivity index (χ3v) is 5.39. The summed E-state index contributed by atoms with van der Waals surface area (Å²) in [6.07, 6.45) is 2.06. The Morgan fingerprint density at radius 1 is 1.53 bits per heavy atom. The number of piperidine rings is 1. The van der Waals surface area contributed by atoms with Crippen molar-refractivity contribution in [2.45, 2.75) is 26.2 Å². The predicted molar refractivity (Wildman–Crippen MR) is 79.5 cm³/mol. The van der Waals surface area contributed by atoms with Gasteiger partial charge < -0.3 is 5.32 Å². The maximum Gasteiger partial charge on any atom is 0.224 e. The van der Waals surface area contributed by atoms with Crippen LogP contribution < -0.4 is 5.32 Å². The topological polar surface area (TPSA) is 66.5 Å². The van der Waals surface area contributed by atoms with E-state index in [1.807, 2.05) is 6.92 Å². The van der Waals surface area contributed by atoms with Crippen LogP contribution in [0.25, 0.3) is 0 Å². The highest BCUT2D eigenvalue weighted by Crippen LogP contribution is 2.20. The average Bonchev–Trinajstić information content (AvgIpc) is 2.36. The summed E-state index contributed by atoms with van der Waals surface area (Å²) in [7, 11) is -3.20. The zero-order chi connectivity index (χ0) is 14.5. The van der Waals surface area contributed by atoms with Crippen LogP contribution in [-0.2, 0) is 14.8 Å². The van der Waals surface area contributed by atoms with Gasteiger partial charge in [0.2, 0.25) is 15.9 Å². The van der Waals surface area contributed by atoms with Crippen LogP contribution in [0.3, 0.4) is 0 Å². The molecule has 19 heavy (non-hydrogen) atoms. The number of nitrogens with zero attached hydrogens (tertiary/aromatic N) is 1. The molecule has 0 saturated carbocycles. The van der Waals surface area contributed by atoms with Crippen molar-refractivity contribution in [2.75, 3.05) is 25.4 Å². The first-order chi connectivity index (χ1) is 8.86. The largest absolute Gasteiger partial charge is 0.351 e. The lowest BCUT2D eigenvalue weighted by Crippen LogP contribution is -2.46. The van der Waals surface area contributed by atoms with E-state index in [1.54, 1.807) is 0 Å². The molecule has 110 valence electrons. The van der Waals surface area contributed by atoms with Gasteiger partial charge >= 0.3 is 0 Å². The third-order valence-electron chi connectivity index (χ3n) is 3.06. The molecular formula is C12H21BrN2O3S. The molecule has 1 atom stereocenters. The zero-order valence-corrected chi connectivity index (χ0v) is 13.6. The predicted octanol–water partition coefficient (Wildman–Crippen LogP) is 1.46. The quantitative estimate of drug-likeness (QED) is 0.786. The molecular weight excluding hydrogens is 332 g/mol.